The van der Waals surface area contributed by atoms with Gasteiger partial charge in [-0.3, -0.25) is 0 Å². The Morgan fingerprint density at radius 2 is 2.26 bits per heavy atom. The van der Waals surface area contributed by atoms with Crippen LogP contribution in [0.3, 0.4) is 0 Å². The molecule has 0 saturated heterocycles. The number of aryl methyl sites for hydroxylation is 1. The van der Waals surface area contributed by atoms with Crippen LogP contribution in [0, 0.1) is 12.8 Å². The van der Waals surface area contributed by atoms with Crippen molar-refractivity contribution in [2.75, 3.05) is 6.54 Å². The van der Waals surface area contributed by atoms with Gasteiger partial charge in [-0.15, -0.1) is 0 Å². The Labute approximate surface area is 119 Å². The zero-order chi connectivity index (χ0) is 13.7. The van der Waals surface area contributed by atoms with Crippen molar-refractivity contribution in [3.63, 3.8) is 0 Å². The van der Waals surface area contributed by atoms with Gasteiger partial charge >= 0.3 is 0 Å². The number of hydrogen-bond donors (Lipinski definition) is 1. The van der Waals surface area contributed by atoms with Crippen molar-refractivity contribution in [2.24, 2.45) is 5.92 Å². The zero-order valence-electron chi connectivity index (χ0n) is 11.4. The minimum absolute atomic E-state index is 0.562. The lowest BCUT2D eigenvalue weighted by atomic mass is 10.1. The lowest BCUT2D eigenvalue weighted by molar-refractivity contribution is 0.440. The smallest absolute Gasteiger partial charge is 0.105 e. The second-order valence-electron chi connectivity index (χ2n) is 4.99. The summed E-state index contributed by atoms with van der Waals surface area (Å²) >= 11 is 5.96. The van der Waals surface area contributed by atoms with Crippen LogP contribution >= 0.6 is 11.6 Å². The predicted molar refractivity (Wildman–Crippen MR) is 79.3 cm³/mol. The SMILES string of the molecule is Cc1nccn1CC(C)CNCc1cccc(Cl)c1. The average Bonchev–Trinajstić information content (AvgIpc) is 2.75. The fourth-order valence-electron chi connectivity index (χ4n) is 2.11. The highest BCUT2D eigenvalue weighted by Gasteiger charge is 2.05. The lowest BCUT2D eigenvalue weighted by Gasteiger charge is -2.14. The zero-order valence-corrected chi connectivity index (χ0v) is 12.2. The van der Waals surface area contributed by atoms with Gasteiger partial charge in [-0.1, -0.05) is 30.7 Å². The third kappa shape index (κ3) is 4.37. The van der Waals surface area contributed by atoms with Crippen LogP contribution in [0.2, 0.25) is 5.02 Å². The first-order valence-electron chi connectivity index (χ1n) is 6.58. The van der Waals surface area contributed by atoms with E-state index in [0.29, 0.717) is 5.92 Å². The molecule has 0 radical (unpaired) electrons. The number of rotatable bonds is 6. The Kier molecular flexibility index (Phi) is 5.00. The summed E-state index contributed by atoms with van der Waals surface area (Å²) in [5, 5.41) is 4.26. The van der Waals surface area contributed by atoms with Crippen molar-refractivity contribution in [3.05, 3.63) is 53.1 Å². The molecule has 2 aromatic rings. The van der Waals surface area contributed by atoms with Crippen LogP contribution in [-0.2, 0) is 13.1 Å². The number of halogens is 1. The lowest BCUT2D eigenvalue weighted by Crippen LogP contribution is -2.24. The molecule has 102 valence electrons. The molecule has 4 heteroatoms. The Bertz CT molecular complexity index is 522. The summed E-state index contributed by atoms with van der Waals surface area (Å²) in [5.74, 6) is 1.63. The van der Waals surface area contributed by atoms with Gasteiger partial charge < -0.3 is 9.88 Å². The molecule has 1 unspecified atom stereocenters. The fraction of sp³-hybridized carbons (Fsp3) is 0.400. The van der Waals surface area contributed by atoms with Crippen LogP contribution in [0.15, 0.2) is 36.7 Å². The van der Waals surface area contributed by atoms with Crippen LogP contribution in [-0.4, -0.2) is 16.1 Å². The maximum atomic E-state index is 5.96. The van der Waals surface area contributed by atoms with E-state index >= 15 is 0 Å². The summed E-state index contributed by atoms with van der Waals surface area (Å²) in [7, 11) is 0. The third-order valence-electron chi connectivity index (χ3n) is 3.14. The van der Waals surface area contributed by atoms with Crippen LogP contribution in [0.4, 0.5) is 0 Å². The topological polar surface area (TPSA) is 29.9 Å². The summed E-state index contributed by atoms with van der Waals surface area (Å²) in [6, 6.07) is 7.97. The highest BCUT2D eigenvalue weighted by molar-refractivity contribution is 6.30. The van der Waals surface area contributed by atoms with Gasteiger partial charge in [0.15, 0.2) is 0 Å². The van der Waals surface area contributed by atoms with E-state index in [1.165, 1.54) is 5.56 Å². The van der Waals surface area contributed by atoms with E-state index in [2.05, 4.69) is 27.9 Å². The summed E-state index contributed by atoms with van der Waals surface area (Å²) in [5.41, 5.74) is 1.22. The van der Waals surface area contributed by atoms with Gasteiger partial charge in [-0.25, -0.2) is 4.98 Å². The summed E-state index contributed by atoms with van der Waals surface area (Å²) in [6.45, 7) is 7.10. The average molecular weight is 278 g/mol. The van der Waals surface area contributed by atoms with Gasteiger partial charge in [0.2, 0.25) is 0 Å². The monoisotopic (exact) mass is 277 g/mol. The summed E-state index contributed by atoms with van der Waals surface area (Å²) < 4.78 is 2.19. The minimum Gasteiger partial charge on any atom is -0.335 e. The molecule has 1 atom stereocenters. The number of imidazole rings is 1. The normalized spacial score (nSPS) is 12.6. The molecule has 0 bridgehead atoms. The maximum absolute atomic E-state index is 5.96. The molecule has 3 nitrogen and oxygen atoms in total. The third-order valence-corrected chi connectivity index (χ3v) is 3.38. The van der Waals surface area contributed by atoms with Crippen LogP contribution < -0.4 is 5.32 Å². The largest absolute Gasteiger partial charge is 0.335 e. The van der Waals surface area contributed by atoms with E-state index in [1.807, 2.05) is 37.5 Å². The number of nitrogens with zero attached hydrogens (tertiary/aromatic N) is 2. The first-order valence-corrected chi connectivity index (χ1v) is 6.96. The Morgan fingerprint density at radius 1 is 1.42 bits per heavy atom. The summed E-state index contributed by atoms with van der Waals surface area (Å²) in [6.07, 6.45) is 3.88. The Morgan fingerprint density at radius 3 is 2.95 bits per heavy atom. The van der Waals surface area contributed by atoms with Crippen LogP contribution in [0.25, 0.3) is 0 Å². The summed E-state index contributed by atoms with van der Waals surface area (Å²) in [4.78, 5) is 4.24. The van der Waals surface area contributed by atoms with Gasteiger partial charge in [0.1, 0.15) is 5.82 Å². The fourth-order valence-corrected chi connectivity index (χ4v) is 2.32. The first kappa shape index (κ1) is 14.1. The quantitative estimate of drug-likeness (QED) is 0.878. The molecular formula is C15H20ClN3. The Balaban J connectivity index is 1.75. The van der Waals surface area contributed by atoms with E-state index < -0.39 is 0 Å². The van der Waals surface area contributed by atoms with E-state index in [9.17, 15) is 0 Å². The van der Waals surface area contributed by atoms with Crippen molar-refractivity contribution in [3.8, 4) is 0 Å². The molecule has 0 spiro atoms. The molecule has 1 aromatic heterocycles. The van der Waals surface area contributed by atoms with Crippen molar-refractivity contribution >= 4 is 11.6 Å². The first-order chi connectivity index (χ1) is 9.15. The number of benzene rings is 1. The van der Waals surface area contributed by atoms with Gasteiger partial charge in [-0.05, 0) is 37.1 Å². The maximum Gasteiger partial charge on any atom is 0.105 e. The number of aromatic nitrogens is 2. The molecule has 19 heavy (non-hydrogen) atoms. The molecule has 1 heterocycles. The standard InChI is InChI=1S/C15H20ClN3/c1-12(11-19-7-6-18-13(19)2)9-17-10-14-4-3-5-15(16)8-14/h3-8,12,17H,9-11H2,1-2H3. The van der Waals surface area contributed by atoms with E-state index in [1.54, 1.807) is 0 Å². The minimum atomic E-state index is 0.562. The highest BCUT2D eigenvalue weighted by Crippen LogP contribution is 2.10. The second-order valence-corrected chi connectivity index (χ2v) is 5.43. The van der Waals surface area contributed by atoms with E-state index in [0.717, 1.165) is 30.5 Å². The van der Waals surface area contributed by atoms with Gasteiger partial charge in [0.05, 0.1) is 0 Å². The number of hydrogen-bond acceptors (Lipinski definition) is 2. The van der Waals surface area contributed by atoms with Crippen molar-refractivity contribution in [1.82, 2.24) is 14.9 Å². The molecule has 1 aromatic carbocycles. The second kappa shape index (κ2) is 6.73. The molecule has 0 aliphatic heterocycles. The van der Waals surface area contributed by atoms with E-state index in [4.69, 9.17) is 11.6 Å². The van der Waals surface area contributed by atoms with Crippen LogP contribution in [0.1, 0.15) is 18.3 Å². The molecule has 0 aliphatic carbocycles. The highest BCUT2D eigenvalue weighted by atomic mass is 35.5. The Hall–Kier alpha value is -1.32. The van der Waals surface area contributed by atoms with Gasteiger partial charge in [0.25, 0.3) is 0 Å². The number of nitrogens with one attached hydrogen (secondary N) is 1. The molecule has 0 fully saturated rings. The molecular weight excluding hydrogens is 258 g/mol. The molecule has 2 rings (SSSR count). The van der Waals surface area contributed by atoms with Crippen LogP contribution in [0.5, 0.6) is 0 Å². The van der Waals surface area contributed by atoms with E-state index in [-0.39, 0.29) is 0 Å². The molecule has 0 saturated carbocycles. The van der Waals surface area contributed by atoms with Gasteiger partial charge in [0, 0.05) is 30.5 Å². The molecule has 1 N–H and O–H groups in total. The van der Waals surface area contributed by atoms with Crippen molar-refractivity contribution in [2.45, 2.75) is 26.9 Å². The molecule has 0 amide bonds. The van der Waals surface area contributed by atoms with Gasteiger partial charge in [-0.2, -0.15) is 0 Å². The van der Waals surface area contributed by atoms with Crippen molar-refractivity contribution in [1.29, 1.82) is 0 Å². The predicted octanol–water partition coefficient (Wildman–Crippen LogP) is 3.27. The van der Waals surface area contributed by atoms with Crippen molar-refractivity contribution < 1.29 is 0 Å². The molecule has 0 aliphatic rings.